The third kappa shape index (κ3) is 6.44. The van der Waals surface area contributed by atoms with Gasteiger partial charge in [0.05, 0.1) is 26.4 Å². The number of ether oxygens (including phenoxy) is 2. The SMILES string of the molecule is COc1cccc(Cn2cccc2CN(CC(O)COCc2ccccc2)C2CC2)c1. The van der Waals surface area contributed by atoms with Gasteiger partial charge in [0.25, 0.3) is 0 Å². The molecule has 0 bridgehead atoms. The number of rotatable bonds is 12. The standard InChI is InChI=1S/C26H32N2O3/c1-30-26-11-5-9-22(15-26)16-27-14-6-10-24(27)17-28(23-12-13-23)18-25(29)20-31-19-21-7-3-2-4-8-21/h2-11,14-15,23,25,29H,12-13,16-20H2,1H3. The molecule has 1 aliphatic rings. The minimum absolute atomic E-state index is 0.350. The molecule has 1 heterocycles. The second kappa shape index (κ2) is 10.6. The van der Waals surface area contributed by atoms with Crippen molar-refractivity contribution >= 4 is 0 Å². The number of aliphatic hydroxyl groups is 1. The topological polar surface area (TPSA) is 46.9 Å². The summed E-state index contributed by atoms with van der Waals surface area (Å²) in [6.07, 6.45) is 4.04. The molecule has 0 spiro atoms. The number of methoxy groups -OCH3 is 1. The van der Waals surface area contributed by atoms with Crippen LogP contribution in [-0.2, 0) is 24.4 Å². The fourth-order valence-corrected chi connectivity index (χ4v) is 3.92. The summed E-state index contributed by atoms with van der Waals surface area (Å²) >= 11 is 0. The fraction of sp³-hybridized carbons (Fsp3) is 0.385. The first-order valence-electron chi connectivity index (χ1n) is 11.0. The van der Waals surface area contributed by atoms with Crippen molar-refractivity contribution in [3.05, 3.63) is 89.7 Å². The molecular formula is C26H32N2O3. The summed E-state index contributed by atoms with van der Waals surface area (Å²) < 4.78 is 13.4. The predicted molar refractivity (Wildman–Crippen MR) is 122 cm³/mol. The number of benzene rings is 2. The first-order valence-corrected chi connectivity index (χ1v) is 11.0. The molecular weight excluding hydrogens is 388 g/mol. The zero-order chi connectivity index (χ0) is 21.5. The molecule has 0 amide bonds. The van der Waals surface area contributed by atoms with Crippen molar-refractivity contribution in [2.75, 3.05) is 20.3 Å². The molecule has 1 atom stereocenters. The molecule has 2 aromatic carbocycles. The number of aliphatic hydroxyl groups excluding tert-OH is 1. The Morgan fingerprint density at radius 2 is 1.84 bits per heavy atom. The minimum Gasteiger partial charge on any atom is -0.497 e. The van der Waals surface area contributed by atoms with Crippen LogP contribution in [0.1, 0.15) is 29.7 Å². The van der Waals surface area contributed by atoms with Crippen LogP contribution in [0.4, 0.5) is 0 Å². The highest BCUT2D eigenvalue weighted by molar-refractivity contribution is 5.29. The minimum atomic E-state index is -0.494. The molecule has 0 saturated heterocycles. The first-order chi connectivity index (χ1) is 15.2. The van der Waals surface area contributed by atoms with Crippen molar-refractivity contribution in [2.45, 2.75) is 44.7 Å². The fourth-order valence-electron chi connectivity index (χ4n) is 3.92. The lowest BCUT2D eigenvalue weighted by atomic mass is 10.2. The molecule has 5 nitrogen and oxygen atoms in total. The van der Waals surface area contributed by atoms with Crippen LogP contribution in [0.25, 0.3) is 0 Å². The monoisotopic (exact) mass is 420 g/mol. The first kappa shape index (κ1) is 21.6. The molecule has 1 fully saturated rings. The van der Waals surface area contributed by atoms with E-state index in [0.717, 1.165) is 24.4 Å². The Morgan fingerprint density at radius 3 is 2.61 bits per heavy atom. The van der Waals surface area contributed by atoms with Gasteiger partial charge in [-0.3, -0.25) is 4.90 Å². The molecule has 1 unspecified atom stereocenters. The van der Waals surface area contributed by atoms with Crippen LogP contribution in [0, 0.1) is 0 Å². The van der Waals surface area contributed by atoms with E-state index in [-0.39, 0.29) is 0 Å². The summed E-state index contributed by atoms with van der Waals surface area (Å²) in [5.74, 6) is 0.879. The summed E-state index contributed by atoms with van der Waals surface area (Å²) in [5.41, 5.74) is 3.60. The molecule has 0 radical (unpaired) electrons. The lowest BCUT2D eigenvalue weighted by Crippen LogP contribution is -2.36. The van der Waals surface area contributed by atoms with Gasteiger partial charge in [0, 0.05) is 37.6 Å². The van der Waals surface area contributed by atoms with Crippen molar-refractivity contribution in [1.29, 1.82) is 0 Å². The average molecular weight is 421 g/mol. The summed E-state index contributed by atoms with van der Waals surface area (Å²) in [5, 5.41) is 10.6. The van der Waals surface area contributed by atoms with Gasteiger partial charge in [0.15, 0.2) is 0 Å². The normalized spacial score (nSPS) is 14.7. The van der Waals surface area contributed by atoms with Crippen molar-refractivity contribution in [3.63, 3.8) is 0 Å². The smallest absolute Gasteiger partial charge is 0.119 e. The highest BCUT2D eigenvalue weighted by Crippen LogP contribution is 2.29. The van der Waals surface area contributed by atoms with E-state index in [1.54, 1.807) is 7.11 Å². The van der Waals surface area contributed by atoms with Crippen molar-refractivity contribution in [1.82, 2.24) is 9.47 Å². The van der Waals surface area contributed by atoms with Gasteiger partial charge in [-0.1, -0.05) is 42.5 Å². The molecule has 1 saturated carbocycles. The Labute approximate surface area is 184 Å². The van der Waals surface area contributed by atoms with Crippen LogP contribution in [0.2, 0.25) is 0 Å². The highest BCUT2D eigenvalue weighted by Gasteiger charge is 2.30. The van der Waals surface area contributed by atoms with Gasteiger partial charge in [-0.25, -0.2) is 0 Å². The third-order valence-electron chi connectivity index (χ3n) is 5.71. The summed E-state index contributed by atoms with van der Waals surface area (Å²) in [6, 6.07) is 23.1. The van der Waals surface area contributed by atoms with E-state index < -0.39 is 6.10 Å². The molecule has 1 aliphatic carbocycles. The Morgan fingerprint density at radius 1 is 1.03 bits per heavy atom. The Kier molecular flexibility index (Phi) is 7.41. The van der Waals surface area contributed by atoms with Crippen molar-refractivity contribution < 1.29 is 14.6 Å². The number of hydrogen-bond donors (Lipinski definition) is 1. The van der Waals surface area contributed by atoms with E-state index in [1.165, 1.54) is 24.1 Å². The Bertz CT molecular complexity index is 937. The van der Waals surface area contributed by atoms with E-state index in [0.29, 0.717) is 25.8 Å². The van der Waals surface area contributed by atoms with Crippen molar-refractivity contribution in [3.8, 4) is 5.75 Å². The van der Waals surface area contributed by atoms with Crippen molar-refractivity contribution in [2.24, 2.45) is 0 Å². The molecule has 4 rings (SSSR count). The molecule has 5 heteroatoms. The maximum Gasteiger partial charge on any atom is 0.119 e. The number of aromatic nitrogens is 1. The summed E-state index contributed by atoms with van der Waals surface area (Å²) in [6.45, 7) is 3.15. The number of nitrogens with zero attached hydrogens (tertiary/aromatic N) is 2. The zero-order valence-corrected chi connectivity index (χ0v) is 18.2. The third-order valence-corrected chi connectivity index (χ3v) is 5.71. The van der Waals surface area contributed by atoms with Gasteiger partial charge < -0.3 is 19.1 Å². The van der Waals surface area contributed by atoms with E-state index in [9.17, 15) is 5.11 Å². The molecule has 3 aromatic rings. The summed E-state index contributed by atoms with van der Waals surface area (Å²) in [4.78, 5) is 2.40. The molecule has 1 N–H and O–H groups in total. The van der Waals surface area contributed by atoms with Gasteiger partial charge in [-0.15, -0.1) is 0 Å². The van der Waals surface area contributed by atoms with E-state index in [1.807, 2.05) is 42.5 Å². The van der Waals surface area contributed by atoms with Gasteiger partial charge in [-0.2, -0.15) is 0 Å². The Hall–Kier alpha value is -2.60. The van der Waals surface area contributed by atoms with E-state index in [4.69, 9.17) is 9.47 Å². The molecule has 1 aromatic heterocycles. The number of hydrogen-bond acceptors (Lipinski definition) is 4. The maximum atomic E-state index is 10.6. The molecule has 0 aliphatic heterocycles. The van der Waals surface area contributed by atoms with Crippen LogP contribution in [0.3, 0.4) is 0 Å². The van der Waals surface area contributed by atoms with Crippen LogP contribution >= 0.6 is 0 Å². The van der Waals surface area contributed by atoms with Gasteiger partial charge in [0.2, 0.25) is 0 Å². The van der Waals surface area contributed by atoms with Crippen LogP contribution < -0.4 is 4.74 Å². The van der Waals surface area contributed by atoms with Crippen LogP contribution in [-0.4, -0.2) is 47.0 Å². The maximum absolute atomic E-state index is 10.6. The van der Waals surface area contributed by atoms with E-state index >= 15 is 0 Å². The summed E-state index contributed by atoms with van der Waals surface area (Å²) in [7, 11) is 1.70. The van der Waals surface area contributed by atoms with Gasteiger partial charge in [0.1, 0.15) is 5.75 Å². The van der Waals surface area contributed by atoms with Crippen LogP contribution in [0.5, 0.6) is 5.75 Å². The second-order valence-electron chi connectivity index (χ2n) is 8.29. The highest BCUT2D eigenvalue weighted by atomic mass is 16.5. The average Bonchev–Trinajstić information content (AvgIpc) is 3.56. The lowest BCUT2D eigenvalue weighted by Gasteiger charge is -2.25. The van der Waals surface area contributed by atoms with E-state index in [2.05, 4.69) is 39.9 Å². The quantitative estimate of drug-likeness (QED) is 0.480. The van der Waals surface area contributed by atoms with Gasteiger partial charge >= 0.3 is 0 Å². The van der Waals surface area contributed by atoms with Gasteiger partial charge in [-0.05, 0) is 48.2 Å². The van der Waals surface area contributed by atoms with Crippen LogP contribution in [0.15, 0.2) is 72.9 Å². The molecule has 164 valence electrons. The predicted octanol–water partition coefficient (Wildman–Crippen LogP) is 4.09. The largest absolute Gasteiger partial charge is 0.497 e. The lowest BCUT2D eigenvalue weighted by molar-refractivity contribution is 0.00672. The zero-order valence-electron chi connectivity index (χ0n) is 18.2. The molecule has 31 heavy (non-hydrogen) atoms. The Balaban J connectivity index is 1.32. The second-order valence-corrected chi connectivity index (χ2v) is 8.29.